The largest absolute Gasteiger partial charge is 0.480 e. The van der Waals surface area contributed by atoms with Crippen LogP contribution in [-0.4, -0.2) is 28.5 Å². The Balaban J connectivity index is 1.83. The molecule has 1 amide bonds. The van der Waals surface area contributed by atoms with Gasteiger partial charge >= 0.3 is 5.97 Å². The molecule has 1 aromatic rings. The maximum Gasteiger partial charge on any atom is 0.319 e. The molecule has 2 N–H and O–H groups in total. The number of nitrogens with one attached hydrogen (secondary N) is 1. The smallest absolute Gasteiger partial charge is 0.319 e. The van der Waals surface area contributed by atoms with Crippen molar-refractivity contribution in [2.24, 2.45) is 5.41 Å². The molecule has 6 heteroatoms. The molecule has 0 aliphatic heterocycles. The van der Waals surface area contributed by atoms with Gasteiger partial charge in [0.2, 0.25) is 5.91 Å². The van der Waals surface area contributed by atoms with E-state index in [0.29, 0.717) is 25.8 Å². The van der Waals surface area contributed by atoms with Gasteiger partial charge in [-0.15, -0.1) is 11.3 Å². The molecule has 0 spiro atoms. The summed E-state index contributed by atoms with van der Waals surface area (Å²) in [6.45, 7) is 2.37. The zero-order chi connectivity index (χ0) is 13.2. The maximum absolute atomic E-state index is 11.9. The highest BCUT2D eigenvalue weighted by Gasteiger charge is 2.50. The lowest BCUT2D eigenvalue weighted by molar-refractivity contribution is -0.162. The van der Waals surface area contributed by atoms with Crippen molar-refractivity contribution < 1.29 is 14.7 Å². The average Bonchev–Trinajstić information content (AvgIpc) is 2.61. The molecule has 0 bridgehead atoms. The van der Waals surface area contributed by atoms with E-state index >= 15 is 0 Å². The van der Waals surface area contributed by atoms with Crippen molar-refractivity contribution in [3.63, 3.8) is 0 Å². The summed E-state index contributed by atoms with van der Waals surface area (Å²) in [5.41, 5.74) is -0.193. The van der Waals surface area contributed by atoms with E-state index in [-0.39, 0.29) is 5.91 Å². The minimum absolute atomic E-state index is 0.352. The molecule has 0 unspecified atom stereocenters. The van der Waals surface area contributed by atoms with E-state index < -0.39 is 11.4 Å². The molecule has 1 aliphatic rings. The second kappa shape index (κ2) is 5.06. The fourth-order valence-electron chi connectivity index (χ4n) is 2.04. The van der Waals surface area contributed by atoms with Crippen LogP contribution in [0.25, 0.3) is 0 Å². The third-order valence-electron chi connectivity index (χ3n) is 3.34. The third-order valence-corrected chi connectivity index (χ3v) is 4.37. The average molecular weight is 268 g/mol. The van der Waals surface area contributed by atoms with Crippen LogP contribution < -0.4 is 5.32 Å². The third kappa shape index (κ3) is 2.38. The first kappa shape index (κ1) is 13.0. The quantitative estimate of drug-likeness (QED) is 0.790. The Labute approximate surface area is 109 Å². The minimum atomic E-state index is -1.17. The Morgan fingerprint density at radius 1 is 1.56 bits per heavy atom. The number of aliphatic carboxylic acids is 1. The number of carboxylic acids is 1. The summed E-state index contributed by atoms with van der Waals surface area (Å²) in [6.07, 6.45) is 2.36. The monoisotopic (exact) mass is 268 g/mol. The molecular formula is C12H16N2O3S. The van der Waals surface area contributed by atoms with E-state index in [1.54, 1.807) is 11.3 Å². The second-order valence-electron chi connectivity index (χ2n) is 4.63. The summed E-state index contributed by atoms with van der Waals surface area (Å²) in [5, 5.41) is 14.7. The number of aryl methyl sites for hydroxylation is 1. The lowest BCUT2D eigenvalue weighted by atomic mass is 9.68. The van der Waals surface area contributed by atoms with Crippen LogP contribution >= 0.6 is 11.3 Å². The van der Waals surface area contributed by atoms with E-state index in [4.69, 9.17) is 5.11 Å². The van der Waals surface area contributed by atoms with Crippen molar-refractivity contribution in [2.75, 3.05) is 6.54 Å². The molecule has 0 radical (unpaired) electrons. The molecule has 5 nitrogen and oxygen atoms in total. The summed E-state index contributed by atoms with van der Waals surface area (Å²) in [6, 6.07) is 0. The van der Waals surface area contributed by atoms with Gasteiger partial charge in [0.1, 0.15) is 5.41 Å². The normalized spacial score (nSPS) is 16.9. The van der Waals surface area contributed by atoms with E-state index in [1.165, 1.54) is 0 Å². The van der Waals surface area contributed by atoms with Crippen molar-refractivity contribution >= 4 is 23.2 Å². The van der Waals surface area contributed by atoms with Crippen LogP contribution in [0.1, 0.15) is 30.0 Å². The molecule has 2 rings (SSSR count). The highest BCUT2D eigenvalue weighted by Crippen LogP contribution is 2.41. The zero-order valence-corrected chi connectivity index (χ0v) is 11.0. The van der Waals surface area contributed by atoms with E-state index in [9.17, 15) is 9.59 Å². The summed E-state index contributed by atoms with van der Waals surface area (Å²) >= 11 is 1.56. The predicted octanol–water partition coefficient (Wildman–Crippen LogP) is 1.37. The fourth-order valence-corrected chi connectivity index (χ4v) is 2.81. The van der Waals surface area contributed by atoms with Crippen LogP contribution in [0.15, 0.2) is 5.38 Å². The number of aromatic nitrogens is 1. The van der Waals surface area contributed by atoms with Gasteiger partial charge in [0.15, 0.2) is 0 Å². The standard InChI is InChI=1S/C12H16N2O3S/c1-8-7-18-9(14-8)3-6-13-10(15)12(11(16)17)4-2-5-12/h7H,2-6H2,1H3,(H,13,15)(H,16,17). The first-order valence-electron chi connectivity index (χ1n) is 5.97. The Kier molecular flexibility index (Phi) is 3.65. The molecule has 98 valence electrons. The van der Waals surface area contributed by atoms with Crippen LogP contribution in [0.4, 0.5) is 0 Å². The minimum Gasteiger partial charge on any atom is -0.480 e. The van der Waals surface area contributed by atoms with Gasteiger partial charge in [-0.05, 0) is 19.8 Å². The van der Waals surface area contributed by atoms with E-state index in [1.807, 2.05) is 12.3 Å². The molecular weight excluding hydrogens is 252 g/mol. The Morgan fingerprint density at radius 3 is 2.72 bits per heavy atom. The highest BCUT2D eigenvalue weighted by molar-refractivity contribution is 7.09. The van der Waals surface area contributed by atoms with Gasteiger partial charge in [-0.25, -0.2) is 4.98 Å². The van der Waals surface area contributed by atoms with Gasteiger partial charge in [-0.2, -0.15) is 0 Å². The lowest BCUT2D eigenvalue weighted by Gasteiger charge is -2.35. The van der Waals surface area contributed by atoms with Crippen LogP contribution in [0.5, 0.6) is 0 Å². The van der Waals surface area contributed by atoms with Gasteiger partial charge in [0, 0.05) is 24.0 Å². The van der Waals surface area contributed by atoms with Crippen molar-refractivity contribution in [1.29, 1.82) is 0 Å². The number of carbonyl (C=O) groups excluding carboxylic acids is 1. The predicted molar refractivity (Wildman–Crippen MR) is 67.5 cm³/mol. The molecule has 1 saturated carbocycles. The Morgan fingerprint density at radius 2 is 2.28 bits per heavy atom. The molecule has 1 heterocycles. The Hall–Kier alpha value is -1.43. The zero-order valence-electron chi connectivity index (χ0n) is 10.2. The molecule has 1 aliphatic carbocycles. The van der Waals surface area contributed by atoms with Gasteiger partial charge in [-0.1, -0.05) is 6.42 Å². The van der Waals surface area contributed by atoms with Gasteiger partial charge < -0.3 is 10.4 Å². The fraction of sp³-hybridized carbons (Fsp3) is 0.583. The van der Waals surface area contributed by atoms with Gasteiger partial charge in [0.05, 0.1) is 5.01 Å². The second-order valence-corrected chi connectivity index (χ2v) is 5.57. The molecule has 1 fully saturated rings. The molecule has 18 heavy (non-hydrogen) atoms. The van der Waals surface area contributed by atoms with E-state index in [2.05, 4.69) is 10.3 Å². The van der Waals surface area contributed by atoms with Crippen LogP contribution in [0.2, 0.25) is 0 Å². The topological polar surface area (TPSA) is 79.3 Å². The summed E-state index contributed by atoms with van der Waals surface area (Å²) in [5.74, 6) is -1.36. The number of carboxylic acid groups (broad SMARTS) is 1. The van der Waals surface area contributed by atoms with Crippen LogP contribution in [-0.2, 0) is 16.0 Å². The van der Waals surface area contributed by atoms with Gasteiger partial charge in [0.25, 0.3) is 0 Å². The van der Waals surface area contributed by atoms with Crippen LogP contribution in [0, 0.1) is 12.3 Å². The molecule has 1 aromatic heterocycles. The van der Waals surface area contributed by atoms with Crippen molar-refractivity contribution in [2.45, 2.75) is 32.6 Å². The molecule has 0 saturated heterocycles. The molecule has 0 atom stereocenters. The van der Waals surface area contributed by atoms with E-state index in [0.717, 1.165) is 17.1 Å². The number of rotatable bonds is 5. The first-order chi connectivity index (χ1) is 8.54. The number of hydrogen-bond donors (Lipinski definition) is 2. The number of thiazole rings is 1. The summed E-state index contributed by atoms with van der Waals surface area (Å²) < 4.78 is 0. The SMILES string of the molecule is Cc1csc(CCNC(=O)C2(C(=O)O)CCC2)n1. The van der Waals surface area contributed by atoms with Crippen molar-refractivity contribution in [3.8, 4) is 0 Å². The Bertz CT molecular complexity index is 466. The number of carbonyl (C=O) groups is 2. The van der Waals surface area contributed by atoms with Crippen LogP contribution in [0.3, 0.4) is 0 Å². The number of nitrogens with zero attached hydrogens (tertiary/aromatic N) is 1. The lowest BCUT2D eigenvalue weighted by Crippen LogP contribution is -2.51. The first-order valence-corrected chi connectivity index (χ1v) is 6.85. The maximum atomic E-state index is 11.9. The van der Waals surface area contributed by atoms with Crippen molar-refractivity contribution in [1.82, 2.24) is 10.3 Å². The summed E-state index contributed by atoms with van der Waals surface area (Å²) in [4.78, 5) is 27.3. The molecule has 0 aromatic carbocycles. The number of hydrogen-bond acceptors (Lipinski definition) is 4. The number of amides is 1. The highest BCUT2D eigenvalue weighted by atomic mass is 32.1. The van der Waals surface area contributed by atoms with Gasteiger partial charge in [-0.3, -0.25) is 9.59 Å². The van der Waals surface area contributed by atoms with Crippen molar-refractivity contribution in [3.05, 3.63) is 16.1 Å². The summed E-state index contributed by atoms with van der Waals surface area (Å²) in [7, 11) is 0.